The highest BCUT2D eigenvalue weighted by atomic mass is 16.5. The van der Waals surface area contributed by atoms with Crippen LogP contribution in [0.4, 0.5) is 5.69 Å². The normalized spacial score (nSPS) is 16.1. The first-order valence-electron chi connectivity index (χ1n) is 6.95. The van der Waals surface area contributed by atoms with E-state index in [0.717, 1.165) is 5.69 Å². The number of nitrogens with one attached hydrogen (secondary N) is 1. The van der Waals surface area contributed by atoms with Gasteiger partial charge >= 0.3 is 5.97 Å². The molecule has 6 nitrogen and oxygen atoms in total. The van der Waals surface area contributed by atoms with Crippen LogP contribution in [0.15, 0.2) is 30.3 Å². The molecule has 2 rings (SSSR count). The van der Waals surface area contributed by atoms with Gasteiger partial charge in [0, 0.05) is 18.8 Å². The lowest BCUT2D eigenvalue weighted by Gasteiger charge is -2.28. The highest BCUT2D eigenvalue weighted by molar-refractivity contribution is 5.87. The average Bonchev–Trinajstić information content (AvgIpc) is 2.55. The maximum atomic E-state index is 12.2. The minimum Gasteiger partial charge on any atom is -0.467 e. The number of hydrogen-bond donors (Lipinski definition) is 1. The maximum Gasteiger partial charge on any atom is 0.328 e. The number of esters is 1. The molecule has 1 fully saturated rings. The van der Waals surface area contributed by atoms with Gasteiger partial charge in [0.25, 0.3) is 0 Å². The Morgan fingerprint density at radius 1 is 1.29 bits per heavy atom. The third-order valence-electron chi connectivity index (χ3n) is 3.34. The van der Waals surface area contributed by atoms with E-state index in [9.17, 15) is 9.59 Å². The number of amides is 1. The molecule has 21 heavy (non-hydrogen) atoms. The maximum absolute atomic E-state index is 12.2. The number of hydrogen-bond acceptors (Lipinski definition) is 5. The van der Waals surface area contributed by atoms with E-state index in [1.807, 2.05) is 30.3 Å². The predicted molar refractivity (Wildman–Crippen MR) is 77.9 cm³/mol. The number of nitrogens with zero attached hydrogens (tertiary/aromatic N) is 1. The molecule has 1 aromatic carbocycles. The number of rotatable bonds is 5. The molecule has 0 radical (unpaired) electrons. The van der Waals surface area contributed by atoms with Gasteiger partial charge < -0.3 is 19.7 Å². The van der Waals surface area contributed by atoms with Gasteiger partial charge in [-0.2, -0.15) is 0 Å². The third-order valence-corrected chi connectivity index (χ3v) is 3.34. The van der Waals surface area contributed by atoms with Crippen molar-refractivity contribution < 1.29 is 19.1 Å². The molecule has 0 bridgehead atoms. The summed E-state index contributed by atoms with van der Waals surface area (Å²) in [7, 11) is 1.32. The van der Waals surface area contributed by atoms with E-state index in [1.54, 1.807) is 4.90 Å². The molecule has 114 valence electrons. The molecule has 1 amide bonds. The first kappa shape index (κ1) is 15.3. The van der Waals surface area contributed by atoms with E-state index >= 15 is 0 Å². The Labute approximate surface area is 124 Å². The molecule has 6 heteroatoms. The van der Waals surface area contributed by atoms with Crippen LogP contribution in [-0.4, -0.2) is 56.2 Å². The zero-order chi connectivity index (χ0) is 15.1. The molecular formula is C15H20N2O4. The molecule has 1 atom stereocenters. The zero-order valence-electron chi connectivity index (χ0n) is 12.1. The van der Waals surface area contributed by atoms with Crippen LogP contribution in [-0.2, 0) is 19.1 Å². The second-order valence-electron chi connectivity index (χ2n) is 4.78. The first-order chi connectivity index (χ1) is 10.2. The van der Waals surface area contributed by atoms with Crippen LogP contribution in [0.1, 0.15) is 6.42 Å². The smallest absolute Gasteiger partial charge is 0.328 e. The highest BCUT2D eigenvalue weighted by Crippen LogP contribution is 2.12. The van der Waals surface area contributed by atoms with E-state index in [1.165, 1.54) is 7.11 Å². The van der Waals surface area contributed by atoms with Crippen molar-refractivity contribution in [3.63, 3.8) is 0 Å². The van der Waals surface area contributed by atoms with Gasteiger partial charge in [0.2, 0.25) is 5.91 Å². The standard InChI is InChI=1S/C15H20N2O4/c1-20-15(19)13(16-12-5-3-2-4-6-12)11-14(18)17-7-9-21-10-8-17/h2-6,13,16H,7-11H2,1H3. The lowest BCUT2D eigenvalue weighted by atomic mass is 10.1. The zero-order valence-corrected chi connectivity index (χ0v) is 12.1. The molecule has 0 saturated carbocycles. The van der Waals surface area contributed by atoms with E-state index < -0.39 is 12.0 Å². The summed E-state index contributed by atoms with van der Waals surface area (Å²) in [6.45, 7) is 2.22. The third kappa shape index (κ3) is 4.46. The van der Waals surface area contributed by atoms with Gasteiger partial charge in [0.05, 0.1) is 26.7 Å². The number of methoxy groups -OCH3 is 1. The molecular weight excluding hydrogens is 272 g/mol. The fourth-order valence-electron chi connectivity index (χ4n) is 2.19. The summed E-state index contributed by atoms with van der Waals surface area (Å²) in [6, 6.07) is 8.61. The predicted octanol–water partition coefficient (Wildman–Crippen LogP) is 0.889. The molecule has 1 saturated heterocycles. The van der Waals surface area contributed by atoms with Gasteiger partial charge in [-0.3, -0.25) is 4.79 Å². The summed E-state index contributed by atoms with van der Waals surface area (Å²) in [5, 5.41) is 3.05. The van der Waals surface area contributed by atoms with Gasteiger partial charge in [-0.15, -0.1) is 0 Å². The number of carbonyl (C=O) groups is 2. The number of morpholine rings is 1. The molecule has 0 aromatic heterocycles. The molecule has 1 heterocycles. The highest BCUT2D eigenvalue weighted by Gasteiger charge is 2.26. The van der Waals surface area contributed by atoms with Crippen LogP contribution in [0.2, 0.25) is 0 Å². The summed E-state index contributed by atoms with van der Waals surface area (Å²) >= 11 is 0. The van der Waals surface area contributed by atoms with Gasteiger partial charge in [0.1, 0.15) is 6.04 Å². The van der Waals surface area contributed by atoms with Gasteiger partial charge in [0.15, 0.2) is 0 Å². The minimum atomic E-state index is -0.687. The van der Waals surface area contributed by atoms with Crippen molar-refractivity contribution in [2.45, 2.75) is 12.5 Å². The van der Waals surface area contributed by atoms with E-state index in [4.69, 9.17) is 9.47 Å². The van der Waals surface area contributed by atoms with Crippen molar-refractivity contribution in [3.05, 3.63) is 30.3 Å². The Bertz CT molecular complexity index is 472. The summed E-state index contributed by atoms with van der Waals surface area (Å²) < 4.78 is 9.99. The molecule has 1 aliphatic heterocycles. The molecule has 1 aliphatic rings. The number of anilines is 1. The van der Waals surface area contributed by atoms with Crippen LogP contribution in [0, 0.1) is 0 Å². The quantitative estimate of drug-likeness (QED) is 0.816. The molecule has 0 spiro atoms. The SMILES string of the molecule is COC(=O)C(CC(=O)N1CCOCC1)Nc1ccccc1. The Morgan fingerprint density at radius 2 is 1.95 bits per heavy atom. The lowest BCUT2D eigenvalue weighted by Crippen LogP contribution is -2.44. The number of ether oxygens (including phenoxy) is 2. The van der Waals surface area contributed by atoms with Crippen LogP contribution >= 0.6 is 0 Å². The Kier molecular flexibility index (Phi) is 5.57. The fourth-order valence-corrected chi connectivity index (χ4v) is 2.19. The second kappa shape index (κ2) is 7.64. The van der Waals surface area contributed by atoms with Gasteiger partial charge in [-0.05, 0) is 12.1 Å². The largest absolute Gasteiger partial charge is 0.467 e. The van der Waals surface area contributed by atoms with Crippen LogP contribution < -0.4 is 5.32 Å². The van der Waals surface area contributed by atoms with Crippen molar-refractivity contribution in [1.29, 1.82) is 0 Å². The van der Waals surface area contributed by atoms with E-state index in [-0.39, 0.29) is 12.3 Å². The van der Waals surface area contributed by atoms with Crippen molar-refractivity contribution >= 4 is 17.6 Å². The minimum absolute atomic E-state index is 0.0710. The fraction of sp³-hybridized carbons (Fsp3) is 0.467. The Hall–Kier alpha value is -2.08. The van der Waals surface area contributed by atoms with Crippen LogP contribution in [0.5, 0.6) is 0 Å². The number of para-hydroxylation sites is 1. The lowest BCUT2D eigenvalue weighted by molar-refractivity contribution is -0.145. The Morgan fingerprint density at radius 3 is 2.57 bits per heavy atom. The van der Waals surface area contributed by atoms with Crippen molar-refractivity contribution in [2.24, 2.45) is 0 Å². The van der Waals surface area contributed by atoms with Crippen molar-refractivity contribution in [2.75, 3.05) is 38.7 Å². The van der Waals surface area contributed by atoms with Crippen LogP contribution in [0.25, 0.3) is 0 Å². The summed E-state index contributed by atoms with van der Waals surface area (Å²) in [5.74, 6) is -0.516. The van der Waals surface area contributed by atoms with Crippen LogP contribution in [0.3, 0.4) is 0 Å². The topological polar surface area (TPSA) is 67.9 Å². The van der Waals surface area contributed by atoms with Gasteiger partial charge in [-0.25, -0.2) is 4.79 Å². The summed E-state index contributed by atoms with van der Waals surface area (Å²) in [4.78, 5) is 25.8. The Balaban J connectivity index is 1.99. The molecule has 1 N–H and O–H groups in total. The van der Waals surface area contributed by atoms with Crippen molar-refractivity contribution in [1.82, 2.24) is 4.90 Å². The van der Waals surface area contributed by atoms with Crippen molar-refractivity contribution in [3.8, 4) is 0 Å². The van der Waals surface area contributed by atoms with Gasteiger partial charge in [-0.1, -0.05) is 18.2 Å². The monoisotopic (exact) mass is 292 g/mol. The summed E-state index contributed by atoms with van der Waals surface area (Å²) in [6.07, 6.45) is 0.0710. The molecule has 1 aromatic rings. The average molecular weight is 292 g/mol. The summed E-state index contributed by atoms with van der Waals surface area (Å²) in [5.41, 5.74) is 0.780. The first-order valence-corrected chi connectivity index (χ1v) is 6.95. The van der Waals surface area contributed by atoms with E-state index in [2.05, 4.69) is 5.32 Å². The number of carbonyl (C=O) groups excluding carboxylic acids is 2. The molecule has 1 unspecified atom stereocenters. The molecule has 0 aliphatic carbocycles. The van der Waals surface area contributed by atoms with E-state index in [0.29, 0.717) is 26.3 Å². The second-order valence-corrected chi connectivity index (χ2v) is 4.78. The number of benzene rings is 1.